The van der Waals surface area contributed by atoms with E-state index in [1.165, 1.54) is 0 Å². The van der Waals surface area contributed by atoms with Gasteiger partial charge in [-0.15, -0.1) is 29.2 Å². The minimum atomic E-state index is -0.946. The Labute approximate surface area is 214 Å². The topological polar surface area (TPSA) is 37.8 Å². The van der Waals surface area contributed by atoms with Crippen LogP contribution in [0.15, 0.2) is 91.4 Å². The Hall–Kier alpha value is -3.13. The molecule has 3 aromatic carbocycles. The molecular weight excluding hydrogens is 624 g/mol. The summed E-state index contributed by atoms with van der Waals surface area (Å²) in [5.41, 5.74) is 0.988. The summed E-state index contributed by atoms with van der Waals surface area (Å²) < 4.78 is 12.2. The molecular formula is C27H19N3O2PPt-3. The van der Waals surface area contributed by atoms with Gasteiger partial charge in [0.2, 0.25) is 5.88 Å². The van der Waals surface area contributed by atoms with E-state index in [0.29, 0.717) is 11.6 Å². The van der Waals surface area contributed by atoms with Crippen LogP contribution < -0.4 is 30.3 Å². The van der Waals surface area contributed by atoms with Crippen molar-refractivity contribution in [3.8, 4) is 23.1 Å². The fourth-order valence-corrected chi connectivity index (χ4v) is 6.16. The second kappa shape index (κ2) is 9.62. The first-order valence-corrected chi connectivity index (χ1v) is 11.9. The molecule has 3 heterocycles. The molecule has 0 fully saturated rings. The van der Waals surface area contributed by atoms with Gasteiger partial charge in [-0.1, -0.05) is 37.5 Å². The number of fused-ring (bicyclic) bond motifs is 2. The van der Waals surface area contributed by atoms with E-state index in [2.05, 4.69) is 46.3 Å². The maximum absolute atomic E-state index is 6.24. The van der Waals surface area contributed by atoms with Crippen LogP contribution in [0.3, 0.4) is 0 Å². The molecule has 4 aromatic rings. The Morgan fingerprint density at radius 3 is 2.62 bits per heavy atom. The third-order valence-electron chi connectivity index (χ3n) is 5.32. The van der Waals surface area contributed by atoms with Crippen LogP contribution in [0.2, 0.25) is 0 Å². The molecule has 1 aromatic heterocycles. The summed E-state index contributed by atoms with van der Waals surface area (Å²) in [6, 6.07) is 31.0. The third kappa shape index (κ3) is 4.34. The summed E-state index contributed by atoms with van der Waals surface area (Å²) in [5.74, 6) is 2.80. The van der Waals surface area contributed by atoms with Gasteiger partial charge in [-0.3, -0.25) is 0 Å². The molecule has 0 saturated heterocycles. The maximum atomic E-state index is 6.24. The van der Waals surface area contributed by atoms with Crippen LogP contribution >= 0.6 is 7.92 Å². The molecule has 172 valence electrons. The molecule has 0 radical (unpaired) electrons. The van der Waals surface area contributed by atoms with Crippen molar-refractivity contribution >= 4 is 29.5 Å². The largest absolute Gasteiger partial charge is 0.515 e. The molecule has 0 amide bonds. The minimum Gasteiger partial charge on any atom is -0.515 e. The van der Waals surface area contributed by atoms with Crippen molar-refractivity contribution in [2.45, 2.75) is 0 Å². The number of ether oxygens (including phenoxy) is 2. The van der Waals surface area contributed by atoms with Gasteiger partial charge in [-0.25, -0.2) is 4.98 Å². The third-order valence-corrected chi connectivity index (χ3v) is 7.69. The van der Waals surface area contributed by atoms with Crippen LogP contribution in [0.5, 0.6) is 23.1 Å². The van der Waals surface area contributed by atoms with Gasteiger partial charge in [0.15, 0.2) is 0 Å². The first kappa shape index (κ1) is 22.7. The van der Waals surface area contributed by atoms with Crippen molar-refractivity contribution in [2.75, 3.05) is 11.9 Å². The molecule has 0 aliphatic carbocycles. The predicted molar refractivity (Wildman–Crippen MR) is 131 cm³/mol. The van der Waals surface area contributed by atoms with Gasteiger partial charge < -0.3 is 19.3 Å². The van der Waals surface area contributed by atoms with Gasteiger partial charge >= 0.3 is 0 Å². The molecule has 2 aliphatic rings. The first-order chi connectivity index (χ1) is 16.2. The monoisotopic (exact) mass is 643 g/mol. The van der Waals surface area contributed by atoms with Gasteiger partial charge in [0.05, 0.1) is 0 Å². The SMILES string of the molecule is CN1C=CN(c2[c-]c(P3c4[c-]c(Oc5ccccn5)ccc4Oc4ccccc43)ccc2)[CH-]1.[Pt]. The summed E-state index contributed by atoms with van der Waals surface area (Å²) in [6.07, 6.45) is 5.75. The molecule has 5 nitrogen and oxygen atoms in total. The summed E-state index contributed by atoms with van der Waals surface area (Å²) in [5, 5.41) is 3.21. The zero-order valence-electron chi connectivity index (χ0n) is 18.2. The Morgan fingerprint density at radius 2 is 1.79 bits per heavy atom. The quantitative estimate of drug-likeness (QED) is 0.210. The smallest absolute Gasteiger partial charge is 0.216 e. The fraction of sp³-hybridized carbons (Fsp3) is 0.0370. The zero-order chi connectivity index (χ0) is 22.2. The van der Waals surface area contributed by atoms with Gasteiger partial charge in [0.1, 0.15) is 5.75 Å². The molecule has 1 unspecified atom stereocenters. The van der Waals surface area contributed by atoms with E-state index >= 15 is 0 Å². The molecule has 2 aliphatic heterocycles. The van der Waals surface area contributed by atoms with E-state index in [-0.39, 0.29) is 21.1 Å². The van der Waals surface area contributed by atoms with Crippen molar-refractivity contribution in [1.29, 1.82) is 0 Å². The Morgan fingerprint density at radius 1 is 0.912 bits per heavy atom. The maximum Gasteiger partial charge on any atom is 0.216 e. The normalized spacial score (nSPS) is 15.7. The number of rotatable bonds is 4. The summed E-state index contributed by atoms with van der Waals surface area (Å²) >= 11 is 0. The number of benzene rings is 3. The van der Waals surface area contributed by atoms with Gasteiger partial charge in [0, 0.05) is 50.1 Å². The van der Waals surface area contributed by atoms with Gasteiger partial charge in [0.25, 0.3) is 0 Å². The van der Waals surface area contributed by atoms with Gasteiger partial charge in [-0.2, -0.15) is 30.9 Å². The van der Waals surface area contributed by atoms with E-state index in [4.69, 9.17) is 9.47 Å². The van der Waals surface area contributed by atoms with Crippen molar-refractivity contribution < 1.29 is 30.5 Å². The van der Waals surface area contributed by atoms with E-state index < -0.39 is 7.92 Å². The van der Waals surface area contributed by atoms with Crippen molar-refractivity contribution in [3.05, 3.63) is 110 Å². The number of nitrogens with zero attached hydrogens (tertiary/aromatic N) is 3. The summed E-state index contributed by atoms with van der Waals surface area (Å²) in [7, 11) is 1.06. The second-order valence-corrected chi connectivity index (χ2v) is 9.70. The van der Waals surface area contributed by atoms with Crippen molar-refractivity contribution in [3.63, 3.8) is 0 Å². The average molecular weight is 644 g/mol. The van der Waals surface area contributed by atoms with Crippen LogP contribution in [0.4, 0.5) is 5.69 Å². The molecule has 7 heteroatoms. The summed E-state index contributed by atoms with van der Waals surface area (Å²) in [4.78, 5) is 8.35. The predicted octanol–water partition coefficient (Wildman–Crippen LogP) is 4.68. The Bertz CT molecular complexity index is 1350. The number of para-hydroxylation sites is 1. The standard InChI is InChI=1S/C27H19N3O2P.Pt/c1-29-15-16-30(19-29)20-7-6-8-22(17-20)33-25-10-3-2-9-23(25)32-24-13-12-21(18-26(24)33)31-27-11-4-5-14-28-27;/h2-16,19H,1H3;/q-3;. The zero-order valence-corrected chi connectivity index (χ0v) is 21.3. The minimum absolute atomic E-state index is 0. The van der Waals surface area contributed by atoms with E-state index in [0.717, 1.165) is 33.1 Å². The number of pyridine rings is 1. The van der Waals surface area contributed by atoms with E-state index in [1.807, 2.05) is 79.5 Å². The first-order valence-electron chi connectivity index (χ1n) is 10.5. The number of hydrogen-bond donors (Lipinski definition) is 0. The second-order valence-electron chi connectivity index (χ2n) is 7.62. The Kier molecular flexibility index (Phi) is 6.41. The molecule has 34 heavy (non-hydrogen) atoms. The van der Waals surface area contributed by atoms with Crippen LogP contribution in [0.1, 0.15) is 0 Å². The molecule has 0 saturated carbocycles. The van der Waals surface area contributed by atoms with E-state index in [9.17, 15) is 0 Å². The molecule has 0 bridgehead atoms. The molecule has 0 spiro atoms. The molecule has 0 N–H and O–H groups in total. The average Bonchev–Trinajstić information content (AvgIpc) is 3.30. The van der Waals surface area contributed by atoms with Crippen LogP contribution in [0, 0.1) is 18.8 Å². The van der Waals surface area contributed by atoms with Crippen LogP contribution in [-0.2, 0) is 21.1 Å². The fourth-order valence-electron chi connectivity index (χ4n) is 3.81. The van der Waals surface area contributed by atoms with Gasteiger partial charge in [-0.05, 0) is 31.6 Å². The molecule has 1 atom stereocenters. The Balaban J connectivity index is 0.00000241. The van der Waals surface area contributed by atoms with Crippen molar-refractivity contribution in [2.24, 2.45) is 0 Å². The summed E-state index contributed by atoms with van der Waals surface area (Å²) in [6.45, 7) is 2.03. The molecule has 6 rings (SSSR count). The van der Waals surface area contributed by atoms with Crippen molar-refractivity contribution in [1.82, 2.24) is 9.88 Å². The van der Waals surface area contributed by atoms with Crippen LogP contribution in [-0.4, -0.2) is 16.9 Å². The number of hydrogen-bond acceptors (Lipinski definition) is 5. The van der Waals surface area contributed by atoms with Crippen LogP contribution in [0.25, 0.3) is 0 Å². The van der Waals surface area contributed by atoms with E-state index in [1.54, 1.807) is 6.20 Å². The number of anilines is 1. The number of aromatic nitrogens is 1.